The van der Waals surface area contributed by atoms with Crippen LogP contribution in [0, 0.1) is 0 Å². The molecule has 27 heavy (non-hydrogen) atoms. The fraction of sp³-hybridized carbons (Fsp3) is 0.650. The van der Waals surface area contributed by atoms with E-state index in [1.54, 1.807) is 4.80 Å². The molecule has 0 N–H and O–H groups in total. The third kappa shape index (κ3) is 4.91. The Balaban J connectivity index is 1.67. The lowest BCUT2D eigenvalue weighted by molar-refractivity contribution is -0.238. The van der Waals surface area contributed by atoms with Crippen molar-refractivity contribution in [1.29, 1.82) is 0 Å². The molecule has 1 unspecified atom stereocenters. The van der Waals surface area contributed by atoms with E-state index in [2.05, 4.69) is 62.3 Å². The maximum atomic E-state index is 6.03. The lowest BCUT2D eigenvalue weighted by Gasteiger charge is -2.42. The van der Waals surface area contributed by atoms with E-state index in [0.29, 0.717) is 12.6 Å². The van der Waals surface area contributed by atoms with E-state index in [4.69, 9.17) is 9.94 Å². The fourth-order valence-electron chi connectivity index (χ4n) is 3.71. The minimum atomic E-state index is -0.141. The van der Waals surface area contributed by atoms with Gasteiger partial charge in [-0.2, -0.15) is 9.86 Å². The predicted molar refractivity (Wildman–Crippen MR) is 107 cm³/mol. The highest BCUT2D eigenvalue weighted by atomic mass is 16.7. The second-order valence-corrected chi connectivity index (χ2v) is 8.55. The van der Waals surface area contributed by atoms with Crippen LogP contribution in [-0.4, -0.2) is 63.6 Å². The molecule has 0 amide bonds. The molecule has 1 aromatic carbocycles. The van der Waals surface area contributed by atoms with Crippen molar-refractivity contribution >= 4 is 5.95 Å². The lowest BCUT2D eigenvalue weighted by atomic mass is 10.0. The summed E-state index contributed by atoms with van der Waals surface area (Å²) in [6, 6.07) is 10.7. The van der Waals surface area contributed by atoms with E-state index < -0.39 is 0 Å². The number of nitrogens with zero attached hydrogens (tertiary/aromatic N) is 6. The lowest BCUT2D eigenvalue weighted by Crippen LogP contribution is -2.58. The summed E-state index contributed by atoms with van der Waals surface area (Å²) in [5.74, 6) is 0.809. The highest BCUT2D eigenvalue weighted by Gasteiger charge is 2.40. The largest absolute Gasteiger partial charge is 0.367 e. The molecule has 0 aliphatic carbocycles. The predicted octanol–water partition coefficient (Wildman–Crippen LogP) is 2.87. The van der Waals surface area contributed by atoms with Gasteiger partial charge in [0.15, 0.2) is 0 Å². The van der Waals surface area contributed by atoms with Crippen molar-refractivity contribution in [2.24, 2.45) is 0 Å². The van der Waals surface area contributed by atoms with E-state index in [1.165, 1.54) is 5.56 Å². The summed E-state index contributed by atoms with van der Waals surface area (Å²) in [5.41, 5.74) is 1.04. The summed E-state index contributed by atoms with van der Waals surface area (Å²) >= 11 is 0. The van der Waals surface area contributed by atoms with E-state index in [9.17, 15) is 0 Å². The minimum Gasteiger partial charge on any atom is -0.293 e. The number of rotatable bonds is 6. The third-order valence-corrected chi connectivity index (χ3v) is 5.36. The van der Waals surface area contributed by atoms with Gasteiger partial charge < -0.3 is 0 Å². The molecule has 1 atom stereocenters. The second kappa shape index (κ2) is 8.04. The number of tetrazole rings is 1. The van der Waals surface area contributed by atoms with Gasteiger partial charge in [-0.25, -0.2) is 0 Å². The van der Waals surface area contributed by atoms with Crippen LogP contribution in [0.1, 0.15) is 46.1 Å². The van der Waals surface area contributed by atoms with Crippen molar-refractivity contribution in [3.8, 4) is 0 Å². The molecule has 3 rings (SSSR count). The standard InChI is InChI=1S/C20H33N6O/c1-6-26(5,18-12-14-24(15-13-18)27-20(2,3)4)19-21-23-25(22-19)16-17-10-8-7-9-11-17/h7-11,18H,6,12-16H2,1-5H3/q+1. The van der Waals surface area contributed by atoms with Crippen molar-refractivity contribution in [3.05, 3.63) is 35.9 Å². The van der Waals surface area contributed by atoms with Gasteiger partial charge in [-0.1, -0.05) is 40.5 Å². The average molecular weight is 374 g/mol. The molecule has 148 valence electrons. The molecular weight excluding hydrogens is 340 g/mol. The number of benzene rings is 1. The maximum Gasteiger partial charge on any atom is 0.367 e. The molecule has 0 bridgehead atoms. The molecule has 1 fully saturated rings. The van der Waals surface area contributed by atoms with Crippen LogP contribution in [-0.2, 0) is 11.4 Å². The van der Waals surface area contributed by atoms with Gasteiger partial charge in [0.05, 0.1) is 31.8 Å². The number of hydrogen-bond acceptors (Lipinski definition) is 5. The number of hydrogen-bond donors (Lipinski definition) is 0. The average Bonchev–Trinajstić information content (AvgIpc) is 3.10. The molecule has 2 heterocycles. The molecule has 1 aliphatic rings. The van der Waals surface area contributed by atoms with Gasteiger partial charge in [0.25, 0.3) is 0 Å². The molecule has 1 aromatic heterocycles. The van der Waals surface area contributed by atoms with Gasteiger partial charge in [0.1, 0.15) is 0 Å². The van der Waals surface area contributed by atoms with Crippen LogP contribution in [0.2, 0.25) is 0 Å². The molecule has 0 saturated carbocycles. The van der Waals surface area contributed by atoms with Crippen molar-refractivity contribution < 1.29 is 4.84 Å². The Morgan fingerprint density at radius 2 is 1.81 bits per heavy atom. The zero-order valence-corrected chi connectivity index (χ0v) is 17.3. The number of hydroxylamine groups is 2. The quantitative estimate of drug-likeness (QED) is 0.729. The van der Waals surface area contributed by atoms with Crippen molar-refractivity contribution in [2.75, 3.05) is 26.7 Å². The summed E-state index contributed by atoms with van der Waals surface area (Å²) in [4.78, 5) is 7.73. The summed E-state index contributed by atoms with van der Waals surface area (Å²) in [6.45, 7) is 12.0. The van der Waals surface area contributed by atoms with Gasteiger partial charge in [0, 0.05) is 25.9 Å². The first kappa shape index (κ1) is 19.9. The van der Waals surface area contributed by atoms with Crippen molar-refractivity contribution in [2.45, 2.75) is 58.7 Å². The molecule has 1 saturated heterocycles. The summed E-state index contributed by atoms with van der Waals surface area (Å²) in [5, 5.41) is 15.6. The Morgan fingerprint density at radius 1 is 1.15 bits per heavy atom. The van der Waals surface area contributed by atoms with E-state index in [0.717, 1.165) is 42.9 Å². The Hall–Kier alpha value is -1.83. The highest BCUT2D eigenvalue weighted by molar-refractivity contribution is 5.23. The molecule has 0 radical (unpaired) electrons. The summed E-state index contributed by atoms with van der Waals surface area (Å²) < 4.78 is 0.720. The van der Waals surface area contributed by atoms with Gasteiger partial charge in [-0.3, -0.25) is 9.32 Å². The normalized spacial score (nSPS) is 19.1. The Morgan fingerprint density at radius 3 is 2.41 bits per heavy atom. The molecule has 7 heteroatoms. The van der Waals surface area contributed by atoms with E-state index in [1.807, 2.05) is 18.2 Å². The van der Waals surface area contributed by atoms with Crippen LogP contribution >= 0.6 is 0 Å². The fourth-order valence-corrected chi connectivity index (χ4v) is 3.71. The first-order valence-electron chi connectivity index (χ1n) is 9.92. The van der Waals surface area contributed by atoms with Crippen molar-refractivity contribution in [1.82, 2.24) is 29.8 Å². The molecule has 2 aromatic rings. The van der Waals surface area contributed by atoms with Gasteiger partial charge in [-0.15, -0.1) is 0 Å². The number of aromatic nitrogens is 4. The monoisotopic (exact) mass is 373 g/mol. The Bertz CT molecular complexity index is 718. The van der Waals surface area contributed by atoms with E-state index in [-0.39, 0.29) is 5.60 Å². The van der Waals surface area contributed by atoms with Crippen LogP contribution in [0.5, 0.6) is 0 Å². The first-order chi connectivity index (χ1) is 12.8. The van der Waals surface area contributed by atoms with Crippen LogP contribution in [0.3, 0.4) is 0 Å². The second-order valence-electron chi connectivity index (χ2n) is 8.55. The van der Waals surface area contributed by atoms with Crippen LogP contribution in [0.25, 0.3) is 0 Å². The highest BCUT2D eigenvalue weighted by Crippen LogP contribution is 2.27. The smallest absolute Gasteiger partial charge is 0.293 e. The van der Waals surface area contributed by atoms with Gasteiger partial charge >= 0.3 is 5.95 Å². The van der Waals surface area contributed by atoms with Gasteiger partial charge in [-0.05, 0) is 38.5 Å². The maximum absolute atomic E-state index is 6.03. The SMILES string of the molecule is CC[N+](C)(c1nnn(Cc2ccccc2)n1)C1CCN(OC(C)(C)C)CC1. The van der Waals surface area contributed by atoms with Crippen LogP contribution in [0.4, 0.5) is 5.95 Å². The Kier molecular flexibility index (Phi) is 5.93. The Labute approximate surface area is 162 Å². The first-order valence-corrected chi connectivity index (χ1v) is 9.92. The zero-order valence-electron chi connectivity index (χ0n) is 17.3. The summed E-state index contributed by atoms with van der Waals surface area (Å²) in [7, 11) is 2.23. The van der Waals surface area contributed by atoms with Gasteiger partial charge in [0.2, 0.25) is 0 Å². The van der Waals surface area contributed by atoms with Crippen LogP contribution in [0.15, 0.2) is 30.3 Å². The molecule has 0 spiro atoms. The van der Waals surface area contributed by atoms with Crippen LogP contribution < -0.4 is 4.48 Å². The minimum absolute atomic E-state index is 0.141. The summed E-state index contributed by atoms with van der Waals surface area (Å²) in [6.07, 6.45) is 2.13. The number of quaternary nitrogens is 1. The van der Waals surface area contributed by atoms with E-state index >= 15 is 0 Å². The molecule has 1 aliphatic heterocycles. The third-order valence-electron chi connectivity index (χ3n) is 5.36. The molecular formula is C20H33N6O+. The number of piperidine rings is 1. The zero-order chi connectivity index (χ0) is 19.5. The molecule has 7 nitrogen and oxygen atoms in total. The van der Waals surface area contributed by atoms with Crippen molar-refractivity contribution in [3.63, 3.8) is 0 Å². The topological polar surface area (TPSA) is 56.1 Å².